The predicted molar refractivity (Wildman–Crippen MR) is 74.9 cm³/mol. The Morgan fingerprint density at radius 3 is 2.50 bits per heavy atom. The topological polar surface area (TPSA) is 61.8 Å². The van der Waals surface area contributed by atoms with Gasteiger partial charge in [0, 0.05) is 45.5 Å². The number of aromatic nitrogens is 2. The molecule has 0 saturated carbocycles. The van der Waals surface area contributed by atoms with Gasteiger partial charge in [-0.3, -0.25) is 4.79 Å². The van der Waals surface area contributed by atoms with E-state index in [2.05, 4.69) is 19.8 Å². The maximum Gasteiger partial charge on any atom is 0.227 e. The molecule has 20 heavy (non-hydrogen) atoms. The molecule has 7 nitrogen and oxygen atoms in total. The average molecular weight is 277 g/mol. The van der Waals surface area contributed by atoms with Crippen LogP contribution in [0.3, 0.4) is 0 Å². The van der Waals surface area contributed by atoms with Gasteiger partial charge in [0.2, 0.25) is 12.4 Å². The molecular weight excluding hydrogens is 258 g/mol. The zero-order chi connectivity index (χ0) is 13.8. The van der Waals surface area contributed by atoms with Crippen LogP contribution in [0.4, 0.5) is 11.8 Å². The van der Waals surface area contributed by atoms with Crippen LogP contribution in [-0.4, -0.2) is 73.8 Å². The van der Waals surface area contributed by atoms with Crippen LogP contribution in [-0.2, 0) is 9.53 Å². The normalized spacial score (nSPS) is 20.1. The van der Waals surface area contributed by atoms with Crippen LogP contribution in [0.15, 0.2) is 12.3 Å². The minimum Gasteiger partial charge on any atom is -0.378 e. The molecule has 0 aromatic carbocycles. The first-order chi connectivity index (χ1) is 9.86. The van der Waals surface area contributed by atoms with Crippen molar-refractivity contribution in [1.82, 2.24) is 14.9 Å². The molecule has 3 rings (SSSR count). The lowest BCUT2D eigenvalue weighted by Crippen LogP contribution is -2.46. The molecule has 0 bridgehead atoms. The van der Waals surface area contributed by atoms with E-state index in [1.807, 2.05) is 6.07 Å². The Morgan fingerprint density at radius 1 is 1.05 bits per heavy atom. The minimum atomic E-state index is 0.728. The van der Waals surface area contributed by atoms with Gasteiger partial charge in [-0.15, -0.1) is 0 Å². The lowest BCUT2D eigenvalue weighted by Gasteiger charge is -2.34. The second-order valence-corrected chi connectivity index (χ2v) is 4.94. The van der Waals surface area contributed by atoms with Crippen LogP contribution < -0.4 is 9.80 Å². The third kappa shape index (κ3) is 2.82. The summed E-state index contributed by atoms with van der Waals surface area (Å²) in [6.07, 6.45) is 2.72. The predicted octanol–water partition coefficient (Wildman–Crippen LogP) is -0.408. The standard InChI is InChI=1S/C13H19N5O2/c19-11-16-3-5-17(6-4-16)12-1-2-14-13(15-12)18-7-9-20-10-8-18/h1-2,11H,3-10H2. The van der Waals surface area contributed by atoms with Crippen LogP contribution in [0.25, 0.3) is 0 Å². The second kappa shape index (κ2) is 6.04. The number of morpholine rings is 1. The molecule has 2 fully saturated rings. The number of carbonyl (C=O) groups excluding carboxylic acids is 1. The molecule has 0 N–H and O–H groups in total. The highest BCUT2D eigenvalue weighted by molar-refractivity contribution is 5.49. The van der Waals surface area contributed by atoms with Crippen LogP contribution >= 0.6 is 0 Å². The Hall–Kier alpha value is -1.89. The van der Waals surface area contributed by atoms with Gasteiger partial charge in [0.15, 0.2) is 0 Å². The number of nitrogens with zero attached hydrogens (tertiary/aromatic N) is 5. The van der Waals surface area contributed by atoms with Gasteiger partial charge in [0.1, 0.15) is 5.82 Å². The van der Waals surface area contributed by atoms with E-state index >= 15 is 0 Å². The summed E-state index contributed by atoms with van der Waals surface area (Å²) in [5.74, 6) is 1.70. The maximum atomic E-state index is 10.7. The zero-order valence-electron chi connectivity index (χ0n) is 11.4. The van der Waals surface area contributed by atoms with Crippen molar-refractivity contribution in [3.8, 4) is 0 Å². The fraction of sp³-hybridized carbons (Fsp3) is 0.615. The smallest absolute Gasteiger partial charge is 0.227 e. The van der Waals surface area contributed by atoms with Crippen molar-refractivity contribution in [2.75, 3.05) is 62.3 Å². The molecule has 7 heteroatoms. The van der Waals surface area contributed by atoms with E-state index < -0.39 is 0 Å². The van der Waals surface area contributed by atoms with Gasteiger partial charge in [-0.05, 0) is 6.07 Å². The van der Waals surface area contributed by atoms with Gasteiger partial charge in [-0.2, -0.15) is 4.98 Å². The molecule has 1 aromatic heterocycles. The summed E-state index contributed by atoms with van der Waals surface area (Å²) in [7, 11) is 0. The number of ether oxygens (including phenoxy) is 1. The summed E-state index contributed by atoms with van der Waals surface area (Å²) < 4.78 is 5.35. The van der Waals surface area contributed by atoms with Crippen LogP contribution in [0.2, 0.25) is 0 Å². The molecular formula is C13H19N5O2. The highest BCUT2D eigenvalue weighted by Crippen LogP contribution is 2.17. The van der Waals surface area contributed by atoms with E-state index in [0.717, 1.165) is 70.7 Å². The van der Waals surface area contributed by atoms with Crippen molar-refractivity contribution in [3.05, 3.63) is 12.3 Å². The van der Waals surface area contributed by atoms with E-state index in [1.54, 1.807) is 11.1 Å². The van der Waals surface area contributed by atoms with Crippen molar-refractivity contribution >= 4 is 18.2 Å². The maximum absolute atomic E-state index is 10.7. The van der Waals surface area contributed by atoms with E-state index in [-0.39, 0.29) is 0 Å². The summed E-state index contributed by atoms with van der Waals surface area (Å²) in [6.45, 7) is 6.26. The molecule has 0 spiro atoms. The average Bonchev–Trinajstić information content (AvgIpc) is 2.56. The third-order valence-electron chi connectivity index (χ3n) is 3.71. The number of anilines is 2. The van der Waals surface area contributed by atoms with Crippen molar-refractivity contribution < 1.29 is 9.53 Å². The SMILES string of the molecule is O=CN1CCN(c2ccnc(N3CCOCC3)n2)CC1. The number of hydrogen-bond acceptors (Lipinski definition) is 6. The first-order valence-corrected chi connectivity index (χ1v) is 6.97. The van der Waals surface area contributed by atoms with E-state index in [9.17, 15) is 4.79 Å². The van der Waals surface area contributed by atoms with Gasteiger partial charge in [-0.25, -0.2) is 4.98 Å². The number of amides is 1. The lowest BCUT2D eigenvalue weighted by atomic mass is 10.3. The molecule has 1 amide bonds. The van der Waals surface area contributed by atoms with E-state index in [1.165, 1.54) is 0 Å². The Balaban J connectivity index is 1.69. The van der Waals surface area contributed by atoms with Gasteiger partial charge in [0.05, 0.1) is 13.2 Å². The summed E-state index contributed by atoms with van der Waals surface area (Å²) in [5.41, 5.74) is 0. The molecule has 108 valence electrons. The Labute approximate surface area is 118 Å². The fourth-order valence-electron chi connectivity index (χ4n) is 2.49. The molecule has 0 radical (unpaired) electrons. The van der Waals surface area contributed by atoms with Gasteiger partial charge >= 0.3 is 0 Å². The molecule has 1 aromatic rings. The number of hydrogen-bond donors (Lipinski definition) is 0. The van der Waals surface area contributed by atoms with E-state index in [0.29, 0.717) is 0 Å². The van der Waals surface area contributed by atoms with Crippen LogP contribution in [0.5, 0.6) is 0 Å². The zero-order valence-corrected chi connectivity index (χ0v) is 11.4. The van der Waals surface area contributed by atoms with Gasteiger partial charge in [0.25, 0.3) is 0 Å². The lowest BCUT2D eigenvalue weighted by molar-refractivity contribution is -0.118. The van der Waals surface area contributed by atoms with Crippen molar-refractivity contribution in [3.63, 3.8) is 0 Å². The first-order valence-electron chi connectivity index (χ1n) is 6.97. The van der Waals surface area contributed by atoms with Gasteiger partial charge in [-0.1, -0.05) is 0 Å². The molecule has 2 aliphatic rings. The Morgan fingerprint density at radius 2 is 1.80 bits per heavy atom. The fourth-order valence-corrected chi connectivity index (χ4v) is 2.49. The third-order valence-corrected chi connectivity index (χ3v) is 3.71. The molecule has 0 atom stereocenters. The Bertz CT molecular complexity index is 456. The largest absolute Gasteiger partial charge is 0.378 e. The number of carbonyl (C=O) groups is 1. The summed E-state index contributed by atoms with van der Waals surface area (Å²) in [5, 5.41) is 0. The van der Waals surface area contributed by atoms with Crippen molar-refractivity contribution in [2.45, 2.75) is 0 Å². The molecule has 0 aliphatic carbocycles. The quantitative estimate of drug-likeness (QED) is 0.700. The summed E-state index contributed by atoms with van der Waals surface area (Å²) >= 11 is 0. The monoisotopic (exact) mass is 277 g/mol. The summed E-state index contributed by atoms with van der Waals surface area (Å²) in [6, 6.07) is 1.93. The highest BCUT2D eigenvalue weighted by atomic mass is 16.5. The van der Waals surface area contributed by atoms with Crippen molar-refractivity contribution in [1.29, 1.82) is 0 Å². The van der Waals surface area contributed by atoms with Crippen molar-refractivity contribution in [2.24, 2.45) is 0 Å². The summed E-state index contributed by atoms with van der Waals surface area (Å²) in [4.78, 5) is 25.9. The number of piperazine rings is 1. The highest BCUT2D eigenvalue weighted by Gasteiger charge is 2.19. The minimum absolute atomic E-state index is 0.728. The molecule has 2 saturated heterocycles. The Kier molecular flexibility index (Phi) is 3.96. The van der Waals surface area contributed by atoms with E-state index in [4.69, 9.17) is 4.74 Å². The molecule has 2 aliphatic heterocycles. The van der Waals surface area contributed by atoms with Crippen LogP contribution in [0, 0.1) is 0 Å². The molecule has 3 heterocycles. The second-order valence-electron chi connectivity index (χ2n) is 4.94. The number of rotatable bonds is 3. The van der Waals surface area contributed by atoms with Gasteiger partial charge < -0.3 is 19.4 Å². The van der Waals surface area contributed by atoms with Crippen LogP contribution in [0.1, 0.15) is 0 Å². The molecule has 0 unspecified atom stereocenters. The first kappa shape index (κ1) is 13.1.